The number of hydrogen-bond acceptors (Lipinski definition) is 12. The Morgan fingerprint density at radius 1 is 1.25 bits per heavy atom. The molecule has 2 atom stereocenters. The number of amidine groups is 1. The summed E-state index contributed by atoms with van der Waals surface area (Å²) in [5.41, 5.74) is 10.6. The van der Waals surface area contributed by atoms with E-state index in [2.05, 4.69) is 19.8 Å². The average Bonchev–Trinajstić information content (AvgIpc) is 3.69. The lowest BCUT2D eigenvalue weighted by Gasteiger charge is -2.49. The van der Waals surface area contributed by atoms with Crippen molar-refractivity contribution in [1.29, 1.82) is 5.41 Å². The van der Waals surface area contributed by atoms with Gasteiger partial charge in [0.1, 0.15) is 28.8 Å². The van der Waals surface area contributed by atoms with Crippen LogP contribution in [0.4, 0.5) is 9.52 Å². The molecule has 1 fully saturated rings. The SMILES string of the molecule is CC(C)(ON=C(C(=O)N[C@@H]1C(=O)N2C(C(=O)O)=C(C[n+]3ccc4c(ccn4Cc4ccc(C(=N)N)cc4F)c3)CS[C@H]12)c1nsc(N)n1)C(=O)O. The topological polar surface area (TPSA) is 256 Å². The number of anilines is 1. The Hall–Kier alpha value is -5.89. The zero-order chi connectivity index (χ0) is 36.8. The number of hydrogen-bond donors (Lipinski definition) is 6. The van der Waals surface area contributed by atoms with E-state index >= 15 is 0 Å². The molecule has 5 heterocycles. The number of nitrogen functional groups attached to an aromatic ring is 2. The van der Waals surface area contributed by atoms with E-state index in [1.807, 2.05) is 22.9 Å². The van der Waals surface area contributed by atoms with Gasteiger partial charge in [0.25, 0.3) is 11.8 Å². The van der Waals surface area contributed by atoms with Gasteiger partial charge < -0.3 is 36.4 Å². The molecule has 264 valence electrons. The molecular weight excluding hydrogens is 708 g/mol. The van der Waals surface area contributed by atoms with Gasteiger partial charge in [-0.2, -0.15) is 9.36 Å². The Balaban J connectivity index is 1.18. The molecule has 2 aliphatic heterocycles. The van der Waals surface area contributed by atoms with Crippen molar-refractivity contribution in [2.24, 2.45) is 10.9 Å². The second-order valence-electron chi connectivity index (χ2n) is 12.0. The van der Waals surface area contributed by atoms with Gasteiger partial charge in [-0.1, -0.05) is 17.3 Å². The fourth-order valence-electron chi connectivity index (χ4n) is 5.40. The number of carboxylic acid groups (broad SMARTS) is 2. The molecule has 0 radical (unpaired) electrons. The number of amides is 2. The molecule has 20 heteroatoms. The Bertz CT molecular complexity index is 2200. The van der Waals surface area contributed by atoms with Crippen LogP contribution in [0, 0.1) is 11.2 Å². The van der Waals surface area contributed by atoms with Crippen molar-refractivity contribution in [1.82, 2.24) is 24.1 Å². The molecule has 6 rings (SSSR count). The quantitative estimate of drug-likeness (QED) is 0.0389. The number of thioether (sulfide) groups is 1. The number of benzene rings is 1. The minimum absolute atomic E-state index is 0.00257. The lowest BCUT2D eigenvalue weighted by molar-refractivity contribution is -0.687. The number of halogens is 1. The number of aliphatic carboxylic acids is 2. The summed E-state index contributed by atoms with van der Waals surface area (Å²) >= 11 is 2.02. The number of carboxylic acids is 2. The molecule has 0 aliphatic carbocycles. The van der Waals surface area contributed by atoms with Crippen molar-refractivity contribution in [2.75, 3.05) is 11.5 Å². The molecule has 2 aliphatic rings. The van der Waals surface area contributed by atoms with Crippen LogP contribution in [0.1, 0.15) is 30.8 Å². The summed E-state index contributed by atoms with van der Waals surface area (Å²) in [7, 11) is 0. The van der Waals surface area contributed by atoms with Crippen LogP contribution in [-0.2, 0) is 37.1 Å². The van der Waals surface area contributed by atoms with E-state index in [4.69, 9.17) is 21.7 Å². The van der Waals surface area contributed by atoms with E-state index in [9.17, 15) is 33.8 Å². The number of nitrogens with one attached hydrogen (secondary N) is 2. The Morgan fingerprint density at radius 2 is 2.02 bits per heavy atom. The highest BCUT2D eigenvalue weighted by Gasteiger charge is 2.55. The Kier molecular flexibility index (Phi) is 9.21. The third-order valence-corrected chi connectivity index (χ3v) is 10.0. The normalized spacial score (nSPS) is 17.6. The van der Waals surface area contributed by atoms with E-state index < -0.39 is 52.3 Å². The van der Waals surface area contributed by atoms with Crippen molar-refractivity contribution in [3.8, 4) is 0 Å². The fourth-order valence-corrected chi connectivity index (χ4v) is 7.17. The minimum atomic E-state index is -1.82. The molecule has 1 saturated heterocycles. The molecule has 0 bridgehead atoms. The number of carbonyl (C=O) groups excluding carboxylic acids is 2. The van der Waals surface area contributed by atoms with E-state index in [1.165, 1.54) is 31.7 Å². The van der Waals surface area contributed by atoms with Gasteiger partial charge in [0, 0.05) is 46.2 Å². The summed E-state index contributed by atoms with van der Waals surface area (Å²) in [4.78, 5) is 60.8. The molecule has 51 heavy (non-hydrogen) atoms. The van der Waals surface area contributed by atoms with E-state index in [-0.39, 0.29) is 41.3 Å². The van der Waals surface area contributed by atoms with Crippen molar-refractivity contribution in [3.05, 3.63) is 83.0 Å². The minimum Gasteiger partial charge on any atom is -0.478 e. The molecule has 8 N–H and O–H groups in total. The van der Waals surface area contributed by atoms with Gasteiger partial charge in [-0.15, -0.1) is 11.8 Å². The van der Waals surface area contributed by atoms with Crippen LogP contribution < -0.4 is 21.4 Å². The monoisotopic (exact) mass is 737 g/mol. The standard InChI is InChI=1S/C31H29FN10O7S2/c1-31(2,29(47)48)49-38-20(24-37-30(35)51-39-24)25(43)36-21-26(44)42-22(28(45)46)17(13-50-27(21)42)11-40-7-6-19-16(10-40)5-8-41(19)12-15-4-3-14(23(33)34)9-18(15)32/h3-10,21,27H,11-13H2,1-2H3,(H7-,33,34,35,36,37,39,43,45,46,47,48)/p+1/t21-,27-/m1/s1. The molecule has 3 aromatic heterocycles. The Morgan fingerprint density at radius 3 is 2.67 bits per heavy atom. The maximum absolute atomic E-state index is 14.7. The fraction of sp³-hybridized carbons (Fsp3) is 0.258. The summed E-state index contributed by atoms with van der Waals surface area (Å²) in [5.74, 6) is -5.02. The number of rotatable bonds is 12. The summed E-state index contributed by atoms with van der Waals surface area (Å²) in [5, 5.41) is 33.3. The van der Waals surface area contributed by atoms with Gasteiger partial charge in [0.05, 0.1) is 17.4 Å². The van der Waals surface area contributed by atoms with E-state index in [0.29, 0.717) is 16.7 Å². The van der Waals surface area contributed by atoms with Crippen molar-refractivity contribution in [3.63, 3.8) is 0 Å². The summed E-state index contributed by atoms with van der Waals surface area (Å²) in [6.07, 6.45) is 5.38. The zero-order valence-corrected chi connectivity index (χ0v) is 28.5. The number of aromatic nitrogens is 4. The first-order chi connectivity index (χ1) is 24.1. The molecular formula is C31H30FN10O7S2+. The van der Waals surface area contributed by atoms with Crippen molar-refractivity contribution in [2.45, 2.75) is 44.0 Å². The number of nitrogens with zero attached hydrogens (tertiary/aromatic N) is 6. The van der Waals surface area contributed by atoms with Gasteiger partial charge in [0.15, 0.2) is 24.1 Å². The lowest BCUT2D eigenvalue weighted by atomic mass is 10.0. The Labute approximate surface area is 296 Å². The predicted octanol–water partition coefficient (Wildman–Crippen LogP) is 0.857. The largest absolute Gasteiger partial charge is 0.478 e. The molecule has 0 saturated carbocycles. The third kappa shape index (κ3) is 6.82. The number of fused-ring (bicyclic) bond motifs is 2. The summed E-state index contributed by atoms with van der Waals surface area (Å²) in [6.45, 7) is 2.81. The molecule has 4 aromatic rings. The third-order valence-electron chi connectivity index (χ3n) is 8.13. The number of pyridine rings is 1. The summed E-state index contributed by atoms with van der Waals surface area (Å²) < 4.78 is 22.3. The van der Waals surface area contributed by atoms with Crippen molar-refractivity contribution < 1.29 is 43.2 Å². The first-order valence-corrected chi connectivity index (χ1v) is 16.9. The van der Waals surface area contributed by atoms with E-state index in [1.54, 1.807) is 29.1 Å². The highest BCUT2D eigenvalue weighted by Crippen LogP contribution is 2.40. The van der Waals surface area contributed by atoms with Crippen LogP contribution in [0.25, 0.3) is 10.9 Å². The molecule has 2 amide bonds. The van der Waals surface area contributed by atoms with Gasteiger partial charge in [-0.25, -0.2) is 18.5 Å². The second-order valence-corrected chi connectivity index (χ2v) is 13.9. The van der Waals surface area contributed by atoms with Gasteiger partial charge >= 0.3 is 11.9 Å². The van der Waals surface area contributed by atoms with E-state index in [0.717, 1.165) is 27.3 Å². The van der Waals surface area contributed by atoms with Crippen LogP contribution in [0.15, 0.2) is 65.3 Å². The molecule has 0 spiro atoms. The molecule has 1 aromatic carbocycles. The van der Waals surface area contributed by atoms with Crippen LogP contribution in [0.5, 0.6) is 0 Å². The second kappa shape index (κ2) is 13.4. The van der Waals surface area contributed by atoms with Crippen LogP contribution in [-0.4, -0.2) is 87.1 Å². The molecule has 0 unspecified atom stereocenters. The summed E-state index contributed by atoms with van der Waals surface area (Å²) in [6, 6.07) is 6.92. The molecule has 17 nitrogen and oxygen atoms in total. The van der Waals surface area contributed by atoms with Crippen LogP contribution in [0.2, 0.25) is 0 Å². The maximum atomic E-state index is 14.7. The maximum Gasteiger partial charge on any atom is 0.352 e. The average molecular weight is 738 g/mol. The van der Waals surface area contributed by atoms with Crippen LogP contribution >= 0.6 is 23.3 Å². The first kappa shape index (κ1) is 35.0. The number of β-lactam (4-membered cyclic amide) rings is 1. The number of nitrogens with two attached hydrogens (primary N) is 2. The first-order valence-electron chi connectivity index (χ1n) is 15.1. The van der Waals surface area contributed by atoms with Crippen LogP contribution in [0.3, 0.4) is 0 Å². The predicted molar refractivity (Wildman–Crippen MR) is 182 cm³/mol. The van der Waals surface area contributed by atoms with Gasteiger partial charge in [-0.05, 0) is 26.0 Å². The van der Waals surface area contributed by atoms with Gasteiger partial charge in [-0.3, -0.25) is 19.9 Å². The highest BCUT2D eigenvalue weighted by atomic mass is 32.2. The number of oxime groups is 1. The number of carbonyl (C=O) groups is 4. The lowest BCUT2D eigenvalue weighted by Crippen LogP contribution is -2.71. The van der Waals surface area contributed by atoms with Crippen molar-refractivity contribution >= 4 is 74.6 Å². The van der Waals surface area contributed by atoms with Gasteiger partial charge in [0.2, 0.25) is 17.1 Å². The smallest absolute Gasteiger partial charge is 0.352 e. The zero-order valence-electron chi connectivity index (χ0n) is 26.9. The highest BCUT2D eigenvalue weighted by molar-refractivity contribution is 8.00.